The van der Waals surface area contributed by atoms with Gasteiger partial charge in [0.1, 0.15) is 10.5 Å². The molecule has 0 aliphatic rings. The molecule has 0 spiro atoms. The van der Waals surface area contributed by atoms with E-state index in [0.29, 0.717) is 64.2 Å². The van der Waals surface area contributed by atoms with Gasteiger partial charge in [-0.1, -0.05) is 136 Å². The van der Waals surface area contributed by atoms with E-state index in [-0.39, 0.29) is 25.7 Å². The second kappa shape index (κ2) is 33.9. The van der Waals surface area contributed by atoms with E-state index in [1.54, 1.807) is 0 Å². The Morgan fingerprint density at radius 3 is 1.11 bits per heavy atom. The van der Waals surface area contributed by atoms with Gasteiger partial charge in [0, 0.05) is 12.8 Å². The Labute approximate surface area is 318 Å². The van der Waals surface area contributed by atoms with Crippen LogP contribution in [0.2, 0.25) is 0 Å². The normalized spacial score (nSPS) is 14.7. The minimum atomic E-state index is -4.46. The number of rotatable bonds is 34. The number of hydrogen-bond donors (Lipinski definition) is 7. The first-order valence-electron chi connectivity index (χ1n) is 19.7. The largest absolute Gasteiger partial charge is 0.392 e. The first-order valence-corrected chi connectivity index (χ1v) is 22.7. The van der Waals surface area contributed by atoms with Crippen molar-refractivity contribution < 1.29 is 71.1 Å². The number of carbonyl (C=O) groups excluding carboxylic acids is 2. The molecule has 318 valence electrons. The number of carbonyl (C=O) groups is 2. The van der Waals surface area contributed by atoms with Gasteiger partial charge in [-0.05, 0) is 38.5 Å². The number of hydrogen-bond acceptors (Lipinski definition) is 13. The van der Waals surface area contributed by atoms with Gasteiger partial charge in [-0.3, -0.25) is 9.11 Å². The summed E-state index contributed by atoms with van der Waals surface area (Å²) in [5, 5.41) is 44.2. The van der Waals surface area contributed by atoms with Gasteiger partial charge < -0.3 is 25.1 Å². The van der Waals surface area contributed by atoms with E-state index in [1.807, 2.05) is 0 Å². The molecule has 53 heavy (non-hydrogen) atoms. The zero-order valence-electron chi connectivity index (χ0n) is 32.2. The van der Waals surface area contributed by atoms with Crippen LogP contribution in [0, 0.1) is 0 Å². The van der Waals surface area contributed by atoms with Crippen molar-refractivity contribution in [3.05, 3.63) is 0 Å². The summed E-state index contributed by atoms with van der Waals surface area (Å²) in [6.45, 7) is 4.23. The van der Waals surface area contributed by atoms with E-state index >= 15 is 0 Å². The monoisotopic (exact) mass is 808 g/mol. The first kappa shape index (κ1) is 53.7. The van der Waals surface area contributed by atoms with E-state index < -0.39 is 61.0 Å². The summed E-state index contributed by atoms with van der Waals surface area (Å²) in [5.74, 6) is -1.33. The molecule has 5 unspecified atom stereocenters. The molecule has 17 heteroatoms. The van der Waals surface area contributed by atoms with Crippen LogP contribution in [0.15, 0.2) is 0 Å². The summed E-state index contributed by atoms with van der Waals surface area (Å²) in [7, 11) is -8.71. The average molecular weight is 809 g/mol. The van der Waals surface area contributed by atoms with Crippen molar-refractivity contribution in [1.29, 1.82) is 0 Å². The molecule has 0 bridgehead atoms. The third-order valence-electron chi connectivity index (χ3n) is 9.37. The van der Waals surface area contributed by atoms with E-state index in [2.05, 4.69) is 23.6 Å². The minimum absolute atomic E-state index is 0.0611. The molecule has 0 aromatic rings. The lowest BCUT2D eigenvalue weighted by molar-refractivity contribution is -0.234. The Kier molecular flexibility index (Phi) is 34.3. The molecule has 0 amide bonds. The van der Waals surface area contributed by atoms with Crippen molar-refractivity contribution in [3.63, 3.8) is 0 Å². The highest BCUT2D eigenvalue weighted by Gasteiger charge is 2.35. The Morgan fingerprint density at radius 1 is 0.453 bits per heavy atom. The van der Waals surface area contributed by atoms with Gasteiger partial charge in [0.05, 0.1) is 18.3 Å². The lowest BCUT2D eigenvalue weighted by atomic mass is 9.99. The third-order valence-corrected chi connectivity index (χ3v) is 12.0. The van der Waals surface area contributed by atoms with E-state index in [1.165, 1.54) is 6.42 Å². The number of unbranched alkanes of at least 4 members (excludes halogenated alkanes) is 17. The Bertz CT molecular complexity index is 1100. The van der Waals surface area contributed by atoms with E-state index in [9.17, 15) is 50.8 Å². The predicted molar refractivity (Wildman–Crippen MR) is 202 cm³/mol. The fraction of sp³-hybridized carbons (Fsp3) is 0.944. The molecule has 5 atom stereocenters. The second-order valence-corrected chi connectivity index (χ2v) is 17.3. The highest BCUT2D eigenvalue weighted by molar-refractivity contribution is 7.86. The maximum Gasteiger partial charge on any atom is 0.342 e. The molecule has 0 aromatic heterocycles. The van der Waals surface area contributed by atoms with Crippen LogP contribution in [-0.2, 0) is 39.6 Å². The van der Waals surface area contributed by atoms with Crippen LogP contribution in [0.3, 0.4) is 0 Å². The predicted octanol–water partition coefficient (Wildman–Crippen LogP) is 7.17. The van der Waals surface area contributed by atoms with Crippen LogP contribution in [0.5, 0.6) is 0 Å². The van der Waals surface area contributed by atoms with Crippen molar-refractivity contribution in [2.24, 2.45) is 0 Å². The topological polar surface area (TPSA) is 262 Å². The van der Waals surface area contributed by atoms with Crippen LogP contribution in [0.1, 0.15) is 187 Å². The van der Waals surface area contributed by atoms with Crippen molar-refractivity contribution in [3.8, 4) is 0 Å². The maximum absolute atomic E-state index is 11.6. The fourth-order valence-corrected chi connectivity index (χ4v) is 8.11. The van der Waals surface area contributed by atoms with Crippen molar-refractivity contribution >= 4 is 32.2 Å². The van der Waals surface area contributed by atoms with Gasteiger partial charge in [-0.25, -0.2) is 9.59 Å². The van der Waals surface area contributed by atoms with E-state index in [0.717, 1.165) is 77.0 Å². The van der Waals surface area contributed by atoms with Crippen LogP contribution in [-0.4, -0.2) is 92.5 Å². The highest BCUT2D eigenvalue weighted by atomic mass is 32.2. The molecule has 15 nitrogen and oxygen atoms in total. The SMILES string of the molecule is CCCCCCCC(O)C(O)C(CCCCCCCC(=O)OO)S(=O)(=O)O.CCCCCCCCC(C(O)CCCCCCCC(=O)OO)S(=O)(=O)O. The van der Waals surface area contributed by atoms with Crippen LogP contribution in [0.25, 0.3) is 0 Å². The smallest absolute Gasteiger partial charge is 0.342 e. The summed E-state index contributed by atoms with van der Waals surface area (Å²) < 4.78 is 65.0. The van der Waals surface area contributed by atoms with Gasteiger partial charge in [0.25, 0.3) is 20.2 Å². The van der Waals surface area contributed by atoms with Crippen molar-refractivity contribution in [2.45, 2.75) is 216 Å². The zero-order chi connectivity index (χ0) is 40.5. The Morgan fingerprint density at radius 2 is 0.755 bits per heavy atom. The van der Waals surface area contributed by atoms with E-state index in [4.69, 9.17) is 10.5 Å². The molecule has 0 heterocycles. The number of aliphatic hydroxyl groups is 3. The quantitative estimate of drug-likeness (QED) is 0.0147. The molecule has 7 N–H and O–H groups in total. The molecule has 0 rings (SSSR count). The lowest BCUT2D eigenvalue weighted by Gasteiger charge is -2.24. The second-order valence-electron chi connectivity index (χ2n) is 14.0. The van der Waals surface area contributed by atoms with Crippen LogP contribution >= 0.6 is 0 Å². The lowest BCUT2D eigenvalue weighted by Crippen LogP contribution is -2.42. The molecule has 0 saturated heterocycles. The van der Waals surface area contributed by atoms with Gasteiger partial charge in [0.2, 0.25) is 0 Å². The van der Waals surface area contributed by atoms with Crippen molar-refractivity contribution in [2.75, 3.05) is 0 Å². The molecule has 0 aliphatic carbocycles. The summed E-state index contributed by atoms with van der Waals surface area (Å²) >= 11 is 0. The van der Waals surface area contributed by atoms with Gasteiger partial charge >= 0.3 is 11.9 Å². The number of aliphatic hydroxyl groups excluding tert-OH is 3. The molecule has 0 aromatic carbocycles. The van der Waals surface area contributed by atoms with Gasteiger partial charge in [0.15, 0.2) is 0 Å². The Hall–Kier alpha value is -1.44. The third kappa shape index (κ3) is 31.5. The van der Waals surface area contributed by atoms with Crippen molar-refractivity contribution in [1.82, 2.24) is 0 Å². The zero-order valence-corrected chi connectivity index (χ0v) is 33.8. The standard InChI is InChI=1S/C18H36O8S.C18H36O7S/c1-2-3-4-6-9-12-15(19)18(21)16(27(23,24)25)13-10-7-5-8-11-14-17(20)26-22;1-2-3-4-5-8-11-14-17(26(22,23)24)16(19)13-10-7-6-9-12-15-18(20)25-21/h15-16,18-19,21-22H,2-14H2,1H3,(H,23,24,25);16-17,19,21H,2-15H2,1H3,(H,22,23,24). The first-order chi connectivity index (χ1) is 25.1. The molecule has 0 aliphatic heterocycles. The van der Waals surface area contributed by atoms with Crippen LogP contribution in [0.4, 0.5) is 0 Å². The Balaban J connectivity index is 0. The maximum atomic E-state index is 11.6. The minimum Gasteiger partial charge on any atom is -0.392 e. The molecule has 0 saturated carbocycles. The highest BCUT2D eigenvalue weighted by Crippen LogP contribution is 2.22. The van der Waals surface area contributed by atoms with Gasteiger partial charge in [-0.2, -0.15) is 27.4 Å². The summed E-state index contributed by atoms with van der Waals surface area (Å²) in [6, 6.07) is 0. The molecular formula is C36H72O15S2. The summed E-state index contributed by atoms with van der Waals surface area (Å²) in [5.41, 5.74) is 0. The molecule has 0 fully saturated rings. The van der Waals surface area contributed by atoms with Crippen LogP contribution < -0.4 is 0 Å². The summed E-state index contributed by atoms with van der Waals surface area (Å²) in [4.78, 5) is 28.6. The summed E-state index contributed by atoms with van der Waals surface area (Å²) in [6.07, 6.45) is 15.4. The fourth-order valence-electron chi connectivity index (χ4n) is 6.11. The molecular weight excluding hydrogens is 737 g/mol. The van der Waals surface area contributed by atoms with Gasteiger partial charge in [-0.15, -0.1) is 0 Å². The molecule has 0 radical (unpaired) electrons. The average Bonchev–Trinajstić information content (AvgIpc) is 3.10.